The van der Waals surface area contributed by atoms with Crippen molar-refractivity contribution in [3.63, 3.8) is 0 Å². The summed E-state index contributed by atoms with van der Waals surface area (Å²) in [7, 11) is 0. The van der Waals surface area contributed by atoms with Gasteiger partial charge in [-0.15, -0.1) is 5.92 Å². The molecule has 1 heteroatoms. The third-order valence-electron chi connectivity index (χ3n) is 3.25. The Morgan fingerprint density at radius 1 is 1.43 bits per heavy atom. The molecule has 78 valence electrons. The first kappa shape index (κ1) is 11.3. The molecular weight excluding hydrogens is 172 g/mol. The second-order valence-electron chi connectivity index (χ2n) is 4.21. The zero-order valence-electron chi connectivity index (χ0n) is 9.31. The van der Waals surface area contributed by atoms with E-state index in [0.29, 0.717) is 18.1 Å². The van der Waals surface area contributed by atoms with Gasteiger partial charge in [0.25, 0.3) is 0 Å². The molecule has 0 saturated heterocycles. The summed E-state index contributed by atoms with van der Waals surface area (Å²) in [5, 5.41) is 0. The molecule has 0 heterocycles. The Hall–Kier alpha value is -0.770. The van der Waals surface area contributed by atoms with E-state index in [9.17, 15) is 4.79 Å². The molecule has 1 aliphatic rings. The van der Waals surface area contributed by atoms with Gasteiger partial charge in [0.05, 0.1) is 6.42 Å². The van der Waals surface area contributed by atoms with Gasteiger partial charge in [0.1, 0.15) is 5.78 Å². The van der Waals surface area contributed by atoms with Crippen LogP contribution in [0.15, 0.2) is 0 Å². The Bertz CT molecular complexity index is 244. The lowest BCUT2D eigenvalue weighted by Gasteiger charge is -2.26. The molecule has 1 saturated carbocycles. The van der Waals surface area contributed by atoms with E-state index in [-0.39, 0.29) is 0 Å². The fourth-order valence-electron chi connectivity index (χ4n) is 2.27. The van der Waals surface area contributed by atoms with Crippen molar-refractivity contribution in [3.05, 3.63) is 0 Å². The molecule has 2 unspecified atom stereocenters. The lowest BCUT2D eigenvalue weighted by molar-refractivity contribution is -0.123. The van der Waals surface area contributed by atoms with Gasteiger partial charge in [-0.25, -0.2) is 0 Å². The van der Waals surface area contributed by atoms with Crippen LogP contribution in [-0.4, -0.2) is 5.78 Å². The van der Waals surface area contributed by atoms with Crippen molar-refractivity contribution in [1.29, 1.82) is 0 Å². The highest BCUT2D eigenvalue weighted by Gasteiger charge is 2.25. The topological polar surface area (TPSA) is 17.1 Å². The van der Waals surface area contributed by atoms with Crippen LogP contribution < -0.4 is 0 Å². The van der Waals surface area contributed by atoms with E-state index in [0.717, 1.165) is 18.8 Å². The van der Waals surface area contributed by atoms with Crippen LogP contribution in [0.1, 0.15) is 52.4 Å². The van der Waals surface area contributed by atoms with Gasteiger partial charge in [0.15, 0.2) is 0 Å². The van der Waals surface area contributed by atoms with Crippen molar-refractivity contribution in [1.82, 2.24) is 0 Å². The maximum absolute atomic E-state index is 11.7. The number of hydrogen-bond donors (Lipinski definition) is 0. The Kier molecular flexibility index (Phi) is 4.73. The maximum Gasteiger partial charge on any atom is 0.147 e. The molecule has 0 spiro atoms. The van der Waals surface area contributed by atoms with E-state index in [2.05, 4.69) is 18.8 Å². The highest BCUT2D eigenvalue weighted by atomic mass is 16.1. The van der Waals surface area contributed by atoms with E-state index in [1.54, 1.807) is 6.92 Å². The first-order valence-corrected chi connectivity index (χ1v) is 5.70. The van der Waals surface area contributed by atoms with Gasteiger partial charge in [-0.05, 0) is 25.7 Å². The average molecular weight is 192 g/mol. The van der Waals surface area contributed by atoms with Crippen LogP contribution in [0.2, 0.25) is 0 Å². The van der Waals surface area contributed by atoms with Crippen LogP contribution in [-0.2, 0) is 4.79 Å². The second kappa shape index (κ2) is 5.86. The SMILES string of the molecule is CC#CCC(=O)C1CCCC(CC)C1. The van der Waals surface area contributed by atoms with Crippen molar-refractivity contribution in [2.75, 3.05) is 0 Å². The second-order valence-corrected chi connectivity index (χ2v) is 4.21. The summed E-state index contributed by atoms with van der Waals surface area (Å²) in [5.74, 6) is 7.14. The van der Waals surface area contributed by atoms with Crippen molar-refractivity contribution >= 4 is 5.78 Å². The van der Waals surface area contributed by atoms with Gasteiger partial charge >= 0.3 is 0 Å². The van der Waals surface area contributed by atoms with Gasteiger partial charge in [-0.1, -0.05) is 32.1 Å². The van der Waals surface area contributed by atoms with E-state index < -0.39 is 0 Å². The zero-order chi connectivity index (χ0) is 10.4. The third kappa shape index (κ3) is 3.18. The molecule has 0 aromatic carbocycles. The lowest BCUT2D eigenvalue weighted by atomic mass is 9.78. The first-order chi connectivity index (χ1) is 6.77. The number of ketones is 1. The molecular formula is C13H20O. The monoisotopic (exact) mass is 192 g/mol. The fourth-order valence-corrected chi connectivity index (χ4v) is 2.27. The van der Waals surface area contributed by atoms with E-state index in [1.165, 1.54) is 19.3 Å². The molecule has 14 heavy (non-hydrogen) atoms. The Morgan fingerprint density at radius 3 is 2.86 bits per heavy atom. The highest BCUT2D eigenvalue weighted by Crippen LogP contribution is 2.31. The Labute approximate surface area is 87.3 Å². The third-order valence-corrected chi connectivity index (χ3v) is 3.25. The summed E-state index contributed by atoms with van der Waals surface area (Å²) in [6.45, 7) is 4.02. The van der Waals surface area contributed by atoms with Gasteiger partial charge in [0, 0.05) is 5.92 Å². The molecule has 0 aliphatic heterocycles. The standard InChI is InChI=1S/C13H20O/c1-3-5-9-13(14)12-8-6-7-11(4-2)10-12/h11-12H,4,6-10H2,1-2H3. The summed E-state index contributed by atoms with van der Waals surface area (Å²) >= 11 is 0. The molecule has 0 radical (unpaired) electrons. The number of rotatable bonds is 3. The van der Waals surface area contributed by atoms with Gasteiger partial charge < -0.3 is 0 Å². The number of hydrogen-bond acceptors (Lipinski definition) is 1. The molecule has 0 aromatic heterocycles. The summed E-state index contributed by atoms with van der Waals surface area (Å²) in [4.78, 5) is 11.7. The smallest absolute Gasteiger partial charge is 0.147 e. The van der Waals surface area contributed by atoms with Crippen molar-refractivity contribution in [2.45, 2.75) is 52.4 Å². The normalized spacial score (nSPS) is 26.4. The predicted octanol–water partition coefficient (Wildman–Crippen LogP) is 3.19. The number of carbonyl (C=O) groups is 1. The van der Waals surface area contributed by atoms with Crippen LogP contribution in [0.25, 0.3) is 0 Å². The van der Waals surface area contributed by atoms with Crippen LogP contribution >= 0.6 is 0 Å². The molecule has 1 rings (SSSR count). The Balaban J connectivity index is 2.41. The minimum atomic E-state index is 0.314. The first-order valence-electron chi connectivity index (χ1n) is 5.70. The minimum Gasteiger partial charge on any atom is -0.298 e. The fraction of sp³-hybridized carbons (Fsp3) is 0.769. The summed E-state index contributed by atoms with van der Waals surface area (Å²) < 4.78 is 0. The summed E-state index contributed by atoms with van der Waals surface area (Å²) in [5.41, 5.74) is 0. The van der Waals surface area contributed by atoms with Crippen LogP contribution in [0, 0.1) is 23.7 Å². The Morgan fingerprint density at radius 2 is 2.21 bits per heavy atom. The maximum atomic E-state index is 11.7. The molecule has 1 aliphatic carbocycles. The molecule has 0 aromatic rings. The van der Waals surface area contributed by atoms with Crippen LogP contribution in [0.4, 0.5) is 0 Å². The minimum absolute atomic E-state index is 0.314. The number of carbonyl (C=O) groups excluding carboxylic acids is 1. The van der Waals surface area contributed by atoms with Crippen molar-refractivity contribution in [3.8, 4) is 11.8 Å². The quantitative estimate of drug-likeness (QED) is 0.628. The van der Waals surface area contributed by atoms with Crippen LogP contribution in [0.5, 0.6) is 0 Å². The average Bonchev–Trinajstić information content (AvgIpc) is 2.26. The van der Waals surface area contributed by atoms with Crippen molar-refractivity contribution < 1.29 is 4.79 Å². The lowest BCUT2D eigenvalue weighted by Crippen LogP contribution is -2.22. The summed E-state index contributed by atoms with van der Waals surface area (Å²) in [6, 6.07) is 0. The zero-order valence-corrected chi connectivity index (χ0v) is 9.31. The van der Waals surface area contributed by atoms with Crippen molar-refractivity contribution in [2.24, 2.45) is 11.8 Å². The van der Waals surface area contributed by atoms with E-state index >= 15 is 0 Å². The van der Waals surface area contributed by atoms with Gasteiger partial charge in [0.2, 0.25) is 0 Å². The summed E-state index contributed by atoms with van der Waals surface area (Å²) in [6.07, 6.45) is 6.45. The molecule has 0 bridgehead atoms. The predicted molar refractivity (Wildman–Crippen MR) is 58.8 cm³/mol. The van der Waals surface area contributed by atoms with E-state index in [4.69, 9.17) is 0 Å². The highest BCUT2D eigenvalue weighted by molar-refractivity contribution is 5.83. The molecule has 0 amide bonds. The van der Waals surface area contributed by atoms with Gasteiger partial charge in [-0.2, -0.15) is 0 Å². The molecule has 1 nitrogen and oxygen atoms in total. The van der Waals surface area contributed by atoms with Crippen LogP contribution in [0.3, 0.4) is 0 Å². The largest absolute Gasteiger partial charge is 0.298 e. The molecule has 1 fully saturated rings. The molecule has 2 atom stereocenters. The van der Waals surface area contributed by atoms with Gasteiger partial charge in [-0.3, -0.25) is 4.79 Å². The van der Waals surface area contributed by atoms with E-state index in [1.807, 2.05) is 0 Å². The number of Topliss-reactive ketones (excluding diaryl/α,β-unsaturated/α-hetero) is 1. The molecule has 0 N–H and O–H groups in total.